The lowest BCUT2D eigenvalue weighted by atomic mass is 10.3. The van der Waals surface area contributed by atoms with E-state index in [2.05, 4.69) is 20.8 Å². The molecule has 0 aliphatic heterocycles. The van der Waals surface area contributed by atoms with Gasteiger partial charge in [0.1, 0.15) is 0 Å². The van der Waals surface area contributed by atoms with Gasteiger partial charge in [-0.2, -0.15) is 10.2 Å². The molecule has 0 aliphatic carbocycles. The van der Waals surface area contributed by atoms with Crippen LogP contribution in [0.4, 0.5) is 0 Å². The van der Waals surface area contributed by atoms with E-state index >= 15 is 0 Å². The molecule has 0 fully saturated rings. The molecule has 16 heavy (non-hydrogen) atoms. The Labute approximate surface area is 95.7 Å². The third-order valence-corrected chi connectivity index (χ3v) is 1.91. The third kappa shape index (κ3) is 5.41. The van der Waals surface area contributed by atoms with Crippen molar-refractivity contribution in [2.75, 3.05) is 6.54 Å². The molecule has 0 spiro atoms. The van der Waals surface area contributed by atoms with E-state index in [9.17, 15) is 4.79 Å². The molecule has 1 heterocycles. The third-order valence-electron chi connectivity index (χ3n) is 1.91. The molecule has 0 radical (unpaired) electrons. The molecule has 5 nitrogen and oxygen atoms in total. The quantitative estimate of drug-likeness (QED) is 0.687. The van der Waals surface area contributed by atoms with Crippen molar-refractivity contribution in [3.8, 4) is 0 Å². The van der Waals surface area contributed by atoms with Crippen LogP contribution in [-0.4, -0.2) is 28.7 Å². The second-order valence-corrected chi connectivity index (χ2v) is 3.86. The van der Waals surface area contributed by atoms with Crippen LogP contribution in [0.15, 0.2) is 18.3 Å². The van der Waals surface area contributed by atoms with Crippen LogP contribution in [0.1, 0.15) is 26.0 Å². The largest absolute Gasteiger partial charge is 0.354 e. The first-order valence-corrected chi connectivity index (χ1v) is 5.45. The van der Waals surface area contributed by atoms with Crippen molar-refractivity contribution in [3.05, 3.63) is 24.0 Å². The summed E-state index contributed by atoms with van der Waals surface area (Å²) >= 11 is 0. The fraction of sp³-hybridized carbons (Fsp3) is 0.545. The van der Waals surface area contributed by atoms with Crippen LogP contribution in [-0.2, 0) is 11.3 Å². The number of amides is 1. The molecular weight excluding hydrogens is 204 g/mol. The summed E-state index contributed by atoms with van der Waals surface area (Å²) in [5, 5.41) is 13.7. The Balaban J connectivity index is 2.10. The van der Waals surface area contributed by atoms with Gasteiger partial charge in [0, 0.05) is 31.7 Å². The molecule has 0 unspecified atom stereocenters. The first-order valence-electron chi connectivity index (χ1n) is 5.45. The average Bonchev–Trinajstić information content (AvgIpc) is 2.25. The maximum absolute atomic E-state index is 11.3. The summed E-state index contributed by atoms with van der Waals surface area (Å²) in [6, 6.07) is 3.94. The molecule has 1 amide bonds. The Hall–Kier alpha value is -1.49. The van der Waals surface area contributed by atoms with E-state index in [4.69, 9.17) is 0 Å². The number of nitrogens with zero attached hydrogens (tertiary/aromatic N) is 2. The predicted octanol–water partition coefficient (Wildman–Crippen LogP) is 0.481. The summed E-state index contributed by atoms with van der Waals surface area (Å²) in [5.74, 6) is 0.0710. The zero-order valence-corrected chi connectivity index (χ0v) is 9.73. The van der Waals surface area contributed by atoms with E-state index in [1.54, 1.807) is 6.20 Å². The summed E-state index contributed by atoms with van der Waals surface area (Å²) < 4.78 is 0. The molecule has 2 N–H and O–H groups in total. The average molecular weight is 222 g/mol. The summed E-state index contributed by atoms with van der Waals surface area (Å²) in [6.45, 7) is 5.19. The topological polar surface area (TPSA) is 66.9 Å². The van der Waals surface area contributed by atoms with Crippen molar-refractivity contribution in [2.24, 2.45) is 0 Å². The highest BCUT2D eigenvalue weighted by molar-refractivity contribution is 5.76. The summed E-state index contributed by atoms with van der Waals surface area (Å²) in [4.78, 5) is 11.3. The van der Waals surface area contributed by atoms with Gasteiger partial charge in [0.25, 0.3) is 0 Å². The predicted molar refractivity (Wildman–Crippen MR) is 61.6 cm³/mol. The van der Waals surface area contributed by atoms with Crippen LogP contribution in [0.2, 0.25) is 0 Å². The van der Waals surface area contributed by atoms with Crippen LogP contribution in [0.3, 0.4) is 0 Å². The number of hydrogen-bond acceptors (Lipinski definition) is 4. The van der Waals surface area contributed by atoms with Gasteiger partial charge in [0.05, 0.1) is 5.69 Å². The van der Waals surface area contributed by atoms with Crippen molar-refractivity contribution < 1.29 is 4.79 Å². The van der Waals surface area contributed by atoms with E-state index < -0.39 is 0 Å². The molecule has 0 saturated heterocycles. The Morgan fingerprint density at radius 3 is 2.94 bits per heavy atom. The van der Waals surface area contributed by atoms with Gasteiger partial charge in [0.2, 0.25) is 5.91 Å². The zero-order valence-electron chi connectivity index (χ0n) is 9.73. The summed E-state index contributed by atoms with van der Waals surface area (Å²) in [5.41, 5.74) is 0.881. The Morgan fingerprint density at radius 2 is 2.31 bits per heavy atom. The smallest absolute Gasteiger partial charge is 0.221 e. The van der Waals surface area contributed by atoms with Crippen molar-refractivity contribution in [3.63, 3.8) is 0 Å². The van der Waals surface area contributed by atoms with Crippen molar-refractivity contribution >= 4 is 5.91 Å². The van der Waals surface area contributed by atoms with Gasteiger partial charge in [0.15, 0.2) is 0 Å². The highest BCUT2D eigenvalue weighted by Crippen LogP contribution is 1.90. The maximum Gasteiger partial charge on any atom is 0.221 e. The van der Waals surface area contributed by atoms with Crippen molar-refractivity contribution in [1.29, 1.82) is 0 Å². The number of aromatic nitrogens is 2. The minimum Gasteiger partial charge on any atom is -0.354 e. The summed E-state index contributed by atoms with van der Waals surface area (Å²) in [6.07, 6.45) is 2.12. The lowest BCUT2D eigenvalue weighted by Crippen LogP contribution is -2.32. The molecule has 0 aromatic carbocycles. The van der Waals surface area contributed by atoms with E-state index in [1.165, 1.54) is 0 Å². The van der Waals surface area contributed by atoms with Crippen molar-refractivity contribution in [2.45, 2.75) is 32.9 Å². The Bertz CT molecular complexity index is 313. The lowest BCUT2D eigenvalue weighted by Gasteiger charge is -2.08. The number of nitrogens with one attached hydrogen (secondary N) is 2. The van der Waals surface area contributed by atoms with Crippen LogP contribution >= 0.6 is 0 Å². The Morgan fingerprint density at radius 1 is 1.50 bits per heavy atom. The second-order valence-electron chi connectivity index (χ2n) is 3.86. The molecule has 5 heteroatoms. The van der Waals surface area contributed by atoms with E-state index in [0.29, 0.717) is 19.5 Å². The zero-order chi connectivity index (χ0) is 11.8. The van der Waals surface area contributed by atoms with E-state index in [1.807, 2.05) is 26.0 Å². The van der Waals surface area contributed by atoms with Gasteiger partial charge in [-0.05, 0) is 26.0 Å². The highest BCUT2D eigenvalue weighted by atomic mass is 16.1. The number of carbonyl (C=O) groups excluding carboxylic acids is 1. The normalized spacial score (nSPS) is 10.4. The molecule has 1 aromatic rings. The standard InChI is InChI=1S/C11H18N4O/c1-9(2)14-11(16)5-7-12-8-10-4-3-6-13-15-10/h3-4,6,9,12H,5,7-8H2,1-2H3,(H,14,16). The van der Waals surface area contributed by atoms with Gasteiger partial charge in [-0.15, -0.1) is 0 Å². The maximum atomic E-state index is 11.3. The number of carbonyl (C=O) groups is 1. The molecule has 0 bridgehead atoms. The summed E-state index contributed by atoms with van der Waals surface area (Å²) in [7, 11) is 0. The monoisotopic (exact) mass is 222 g/mol. The van der Waals surface area contributed by atoms with Crippen LogP contribution < -0.4 is 10.6 Å². The minimum atomic E-state index is 0.0710. The van der Waals surface area contributed by atoms with Crippen molar-refractivity contribution in [1.82, 2.24) is 20.8 Å². The lowest BCUT2D eigenvalue weighted by molar-refractivity contribution is -0.121. The van der Waals surface area contributed by atoms with Gasteiger partial charge >= 0.3 is 0 Å². The molecule has 0 aliphatic rings. The van der Waals surface area contributed by atoms with Gasteiger partial charge in [-0.1, -0.05) is 0 Å². The number of rotatable bonds is 6. The Kier molecular flexibility index (Phi) is 5.42. The molecular formula is C11H18N4O. The van der Waals surface area contributed by atoms with Crippen LogP contribution in [0, 0.1) is 0 Å². The van der Waals surface area contributed by atoms with E-state index in [-0.39, 0.29) is 11.9 Å². The van der Waals surface area contributed by atoms with Gasteiger partial charge in [-0.25, -0.2) is 0 Å². The molecule has 1 rings (SSSR count). The second kappa shape index (κ2) is 6.90. The van der Waals surface area contributed by atoms with Gasteiger partial charge < -0.3 is 10.6 Å². The minimum absolute atomic E-state index is 0.0710. The first-order chi connectivity index (χ1) is 7.68. The first kappa shape index (κ1) is 12.6. The highest BCUT2D eigenvalue weighted by Gasteiger charge is 2.02. The van der Waals surface area contributed by atoms with Crippen LogP contribution in [0.25, 0.3) is 0 Å². The fourth-order valence-electron chi connectivity index (χ4n) is 1.24. The van der Waals surface area contributed by atoms with E-state index in [0.717, 1.165) is 5.69 Å². The fourth-order valence-corrected chi connectivity index (χ4v) is 1.24. The van der Waals surface area contributed by atoms with Crippen LogP contribution in [0.5, 0.6) is 0 Å². The molecule has 88 valence electrons. The van der Waals surface area contributed by atoms with Gasteiger partial charge in [-0.3, -0.25) is 4.79 Å². The molecule has 0 atom stereocenters. The SMILES string of the molecule is CC(C)NC(=O)CCNCc1cccnn1. The molecule has 0 saturated carbocycles. The number of hydrogen-bond donors (Lipinski definition) is 2. The molecule has 1 aromatic heterocycles.